The molecular weight excluding hydrogens is 328 g/mol. The number of piperazine rings is 1. The third-order valence-electron chi connectivity index (χ3n) is 5.12. The molecule has 0 bridgehead atoms. The molecule has 1 N–H and O–H groups in total. The summed E-state index contributed by atoms with van der Waals surface area (Å²) in [5, 5.41) is 9.75. The fourth-order valence-electron chi connectivity index (χ4n) is 3.61. The molecule has 1 unspecified atom stereocenters. The highest BCUT2D eigenvalue weighted by Gasteiger charge is 2.22. The Balaban J connectivity index is 1.17. The van der Waals surface area contributed by atoms with E-state index in [4.69, 9.17) is 9.47 Å². The number of fused-ring (bicyclic) bond motifs is 1. The molecular formula is C21H26N2O3. The summed E-state index contributed by atoms with van der Waals surface area (Å²) in [7, 11) is 0. The maximum Gasteiger partial charge on any atom is 0.129 e. The van der Waals surface area contributed by atoms with Crippen molar-refractivity contribution in [2.45, 2.75) is 12.5 Å². The number of rotatable bonds is 6. The van der Waals surface area contributed by atoms with Crippen LogP contribution in [-0.4, -0.2) is 55.9 Å². The van der Waals surface area contributed by atoms with Gasteiger partial charge in [0.25, 0.3) is 0 Å². The lowest BCUT2D eigenvalue weighted by Crippen LogP contribution is -2.46. The minimum Gasteiger partial charge on any atom is -0.493 e. The first-order chi connectivity index (χ1) is 12.8. The van der Waals surface area contributed by atoms with Crippen molar-refractivity contribution in [1.82, 2.24) is 4.90 Å². The molecule has 5 heteroatoms. The number of nitrogens with zero attached hydrogens (tertiary/aromatic N) is 2. The maximum absolute atomic E-state index is 9.75. The normalized spacial score (nSPS) is 19.9. The van der Waals surface area contributed by atoms with Crippen LogP contribution in [0.3, 0.4) is 0 Å². The van der Waals surface area contributed by atoms with Gasteiger partial charge in [-0.25, -0.2) is 0 Å². The fourth-order valence-corrected chi connectivity index (χ4v) is 3.61. The number of anilines is 1. The van der Waals surface area contributed by atoms with Gasteiger partial charge < -0.3 is 19.5 Å². The Bertz CT molecular complexity index is 714. The number of aliphatic hydroxyl groups is 1. The molecule has 0 aromatic heterocycles. The Morgan fingerprint density at radius 1 is 1.04 bits per heavy atom. The van der Waals surface area contributed by atoms with Gasteiger partial charge in [-0.1, -0.05) is 18.2 Å². The molecule has 0 radical (unpaired) electrons. The summed E-state index contributed by atoms with van der Waals surface area (Å²) in [6, 6.07) is 16.3. The zero-order valence-electron chi connectivity index (χ0n) is 15.0. The minimum atomic E-state index is -0.506. The van der Waals surface area contributed by atoms with E-state index in [2.05, 4.69) is 40.1 Å². The Morgan fingerprint density at radius 3 is 2.65 bits per heavy atom. The second kappa shape index (κ2) is 7.98. The summed E-state index contributed by atoms with van der Waals surface area (Å²) in [6.45, 7) is 6.44. The molecule has 0 saturated carbocycles. The summed E-state index contributed by atoms with van der Waals surface area (Å²) in [5.41, 5.74) is 2.17. The van der Waals surface area contributed by atoms with Crippen molar-refractivity contribution in [1.29, 1.82) is 0 Å². The SMILES string of the molecule is OC1COc2cc(OCCCN3CCN(c4ccccc4)CC3)ccc21. The molecule has 2 aliphatic heterocycles. The van der Waals surface area contributed by atoms with Crippen molar-refractivity contribution in [2.75, 3.05) is 50.8 Å². The molecule has 138 valence electrons. The Labute approximate surface area is 154 Å². The largest absolute Gasteiger partial charge is 0.493 e. The van der Waals surface area contributed by atoms with Gasteiger partial charge in [0.15, 0.2) is 0 Å². The molecule has 2 aliphatic rings. The third kappa shape index (κ3) is 3.94. The maximum atomic E-state index is 9.75. The molecule has 0 amide bonds. The monoisotopic (exact) mass is 354 g/mol. The molecule has 1 saturated heterocycles. The molecule has 26 heavy (non-hydrogen) atoms. The van der Waals surface area contributed by atoms with Crippen LogP contribution >= 0.6 is 0 Å². The van der Waals surface area contributed by atoms with Crippen molar-refractivity contribution in [3.63, 3.8) is 0 Å². The summed E-state index contributed by atoms with van der Waals surface area (Å²) < 4.78 is 11.3. The van der Waals surface area contributed by atoms with Gasteiger partial charge in [-0.05, 0) is 30.7 Å². The van der Waals surface area contributed by atoms with Gasteiger partial charge in [0.05, 0.1) is 6.61 Å². The van der Waals surface area contributed by atoms with Crippen LogP contribution in [0.15, 0.2) is 48.5 Å². The lowest BCUT2D eigenvalue weighted by atomic mass is 10.1. The van der Waals surface area contributed by atoms with Gasteiger partial charge in [-0.15, -0.1) is 0 Å². The Morgan fingerprint density at radius 2 is 1.85 bits per heavy atom. The summed E-state index contributed by atoms with van der Waals surface area (Å²) >= 11 is 0. The number of para-hydroxylation sites is 1. The summed E-state index contributed by atoms with van der Waals surface area (Å²) in [5.74, 6) is 1.55. The van der Waals surface area contributed by atoms with Crippen LogP contribution in [0.25, 0.3) is 0 Å². The van der Waals surface area contributed by atoms with Crippen LogP contribution in [-0.2, 0) is 0 Å². The second-order valence-corrected chi connectivity index (χ2v) is 6.89. The molecule has 2 aromatic rings. The Kier molecular flexibility index (Phi) is 5.27. The summed E-state index contributed by atoms with van der Waals surface area (Å²) in [4.78, 5) is 4.96. The van der Waals surface area contributed by atoms with E-state index in [-0.39, 0.29) is 0 Å². The average molecular weight is 354 g/mol. The van der Waals surface area contributed by atoms with E-state index < -0.39 is 6.10 Å². The standard InChI is InChI=1S/C21H26N2O3/c24-20-16-26-21-15-18(7-8-19(20)21)25-14-4-9-22-10-12-23(13-11-22)17-5-2-1-3-6-17/h1-3,5-8,15,20,24H,4,9-14,16H2. The van der Waals surface area contributed by atoms with E-state index >= 15 is 0 Å². The van der Waals surface area contributed by atoms with Gasteiger partial charge >= 0.3 is 0 Å². The molecule has 4 rings (SSSR count). The molecule has 5 nitrogen and oxygen atoms in total. The lowest BCUT2D eigenvalue weighted by molar-refractivity contribution is 0.140. The van der Waals surface area contributed by atoms with Gasteiger partial charge in [-0.3, -0.25) is 4.90 Å². The molecule has 1 fully saturated rings. The fraction of sp³-hybridized carbons (Fsp3) is 0.429. The number of hydrogen-bond acceptors (Lipinski definition) is 5. The molecule has 2 aromatic carbocycles. The van der Waals surface area contributed by atoms with E-state index in [0.717, 1.165) is 56.2 Å². The average Bonchev–Trinajstić information content (AvgIpc) is 3.07. The van der Waals surface area contributed by atoms with E-state index in [0.29, 0.717) is 13.2 Å². The smallest absolute Gasteiger partial charge is 0.129 e. The van der Waals surface area contributed by atoms with E-state index in [9.17, 15) is 5.11 Å². The number of benzene rings is 2. The van der Waals surface area contributed by atoms with Crippen molar-refractivity contribution in [2.24, 2.45) is 0 Å². The van der Waals surface area contributed by atoms with Crippen molar-refractivity contribution < 1.29 is 14.6 Å². The molecule has 1 atom stereocenters. The minimum absolute atomic E-state index is 0.341. The zero-order chi connectivity index (χ0) is 17.8. The van der Waals surface area contributed by atoms with Crippen molar-refractivity contribution in [3.05, 3.63) is 54.1 Å². The van der Waals surface area contributed by atoms with E-state index in [1.165, 1.54) is 5.69 Å². The van der Waals surface area contributed by atoms with Crippen molar-refractivity contribution in [3.8, 4) is 11.5 Å². The predicted molar refractivity (Wildman–Crippen MR) is 102 cm³/mol. The predicted octanol–water partition coefficient (Wildman–Crippen LogP) is 2.70. The highest BCUT2D eigenvalue weighted by molar-refractivity contribution is 5.46. The van der Waals surface area contributed by atoms with Crippen LogP contribution in [0, 0.1) is 0 Å². The second-order valence-electron chi connectivity index (χ2n) is 6.89. The van der Waals surface area contributed by atoms with Gasteiger partial charge in [0.2, 0.25) is 0 Å². The lowest BCUT2D eigenvalue weighted by Gasteiger charge is -2.36. The van der Waals surface area contributed by atoms with Gasteiger partial charge in [0, 0.05) is 50.0 Å². The number of aliphatic hydroxyl groups excluding tert-OH is 1. The van der Waals surface area contributed by atoms with E-state index in [1.807, 2.05) is 18.2 Å². The van der Waals surface area contributed by atoms with E-state index in [1.54, 1.807) is 0 Å². The van der Waals surface area contributed by atoms with Gasteiger partial charge in [-0.2, -0.15) is 0 Å². The first-order valence-electron chi connectivity index (χ1n) is 9.39. The van der Waals surface area contributed by atoms with Crippen LogP contribution in [0.4, 0.5) is 5.69 Å². The highest BCUT2D eigenvalue weighted by atomic mass is 16.5. The highest BCUT2D eigenvalue weighted by Crippen LogP contribution is 2.35. The zero-order valence-corrected chi connectivity index (χ0v) is 15.0. The Hall–Kier alpha value is -2.24. The van der Waals surface area contributed by atoms with Crippen LogP contribution < -0.4 is 14.4 Å². The quantitative estimate of drug-likeness (QED) is 0.808. The van der Waals surface area contributed by atoms with Gasteiger partial charge in [0.1, 0.15) is 24.2 Å². The van der Waals surface area contributed by atoms with Crippen LogP contribution in [0.1, 0.15) is 18.1 Å². The number of ether oxygens (including phenoxy) is 2. The molecule has 2 heterocycles. The first kappa shape index (κ1) is 17.2. The number of hydrogen-bond donors (Lipinski definition) is 1. The third-order valence-corrected chi connectivity index (χ3v) is 5.12. The topological polar surface area (TPSA) is 45.2 Å². The van der Waals surface area contributed by atoms with Crippen LogP contribution in [0.5, 0.6) is 11.5 Å². The van der Waals surface area contributed by atoms with Crippen molar-refractivity contribution >= 4 is 5.69 Å². The summed E-state index contributed by atoms with van der Waals surface area (Å²) in [6.07, 6.45) is 0.500. The molecule has 0 spiro atoms. The first-order valence-corrected chi connectivity index (χ1v) is 9.39. The molecule has 0 aliphatic carbocycles. The van der Waals surface area contributed by atoms with Crippen LogP contribution in [0.2, 0.25) is 0 Å².